The Morgan fingerprint density at radius 2 is 2.04 bits per heavy atom. The summed E-state index contributed by atoms with van der Waals surface area (Å²) in [7, 11) is 0. The first kappa shape index (κ1) is 17.2. The average molecular weight is 400 g/mol. The lowest BCUT2D eigenvalue weighted by atomic mass is 10.0. The molecule has 0 aliphatic carbocycles. The van der Waals surface area contributed by atoms with Crippen LogP contribution in [0.15, 0.2) is 30.3 Å². The molecule has 0 saturated carbocycles. The van der Waals surface area contributed by atoms with E-state index in [1.165, 1.54) is 19.5 Å². The zero-order chi connectivity index (χ0) is 18.4. The van der Waals surface area contributed by atoms with Gasteiger partial charge in [-0.1, -0.05) is 18.2 Å². The second kappa shape index (κ2) is 6.89. The first-order valence-electron chi connectivity index (χ1n) is 9.41. The van der Waals surface area contributed by atoms with Crippen molar-refractivity contribution in [3.8, 4) is 0 Å². The summed E-state index contributed by atoms with van der Waals surface area (Å²) in [4.78, 5) is 30.1. The molecule has 5 nitrogen and oxygen atoms in total. The van der Waals surface area contributed by atoms with Gasteiger partial charge in [0.25, 0.3) is 5.91 Å². The Morgan fingerprint density at radius 3 is 2.93 bits per heavy atom. The molecule has 140 valence electrons. The van der Waals surface area contributed by atoms with Crippen LogP contribution in [-0.4, -0.2) is 60.4 Å². The van der Waals surface area contributed by atoms with Gasteiger partial charge in [-0.2, -0.15) is 0 Å². The highest BCUT2D eigenvalue weighted by Crippen LogP contribution is 2.39. The second-order valence-corrected chi connectivity index (χ2v) is 9.35. The second-order valence-electron chi connectivity index (χ2n) is 7.21. The van der Waals surface area contributed by atoms with Crippen molar-refractivity contribution in [2.75, 3.05) is 32.7 Å². The highest BCUT2D eigenvalue weighted by molar-refractivity contribution is 7.33. The molecule has 0 bridgehead atoms. The Labute approximate surface area is 165 Å². The van der Waals surface area contributed by atoms with Crippen molar-refractivity contribution in [1.29, 1.82) is 0 Å². The molecular weight excluding hydrogens is 378 g/mol. The predicted molar refractivity (Wildman–Crippen MR) is 111 cm³/mol. The van der Waals surface area contributed by atoms with Crippen LogP contribution in [0.2, 0.25) is 0 Å². The summed E-state index contributed by atoms with van der Waals surface area (Å²) in [6.07, 6.45) is 1.94. The van der Waals surface area contributed by atoms with Gasteiger partial charge in [0.2, 0.25) is 5.91 Å². The van der Waals surface area contributed by atoms with Gasteiger partial charge < -0.3 is 15.1 Å². The van der Waals surface area contributed by atoms with E-state index in [0.717, 1.165) is 37.4 Å². The Kier molecular flexibility index (Phi) is 4.38. The summed E-state index contributed by atoms with van der Waals surface area (Å²) < 4.78 is 3.67. The number of piperidine rings is 1. The van der Waals surface area contributed by atoms with E-state index in [0.29, 0.717) is 13.1 Å². The fourth-order valence-electron chi connectivity index (χ4n) is 4.16. The van der Waals surface area contributed by atoms with Gasteiger partial charge in [0.15, 0.2) is 0 Å². The highest BCUT2D eigenvalue weighted by atomic mass is 32.1. The lowest BCUT2D eigenvalue weighted by molar-refractivity contribution is -0.135. The molecule has 2 aliphatic heterocycles. The van der Waals surface area contributed by atoms with Crippen LogP contribution in [0.4, 0.5) is 0 Å². The number of nitrogens with zero attached hydrogens (tertiary/aromatic N) is 2. The molecule has 0 spiro atoms. The standard InChI is InChI=1S/C20H21N3O2S2/c24-18-11-21-7-9-23(18)13-4-3-8-22(12-13)20(25)17-10-16-19(27-17)14-5-1-2-6-15(14)26-16/h1-2,5-6,10,13,21H,3-4,7-9,11-12H2. The number of nitrogens with one attached hydrogen (secondary N) is 1. The molecule has 2 saturated heterocycles. The summed E-state index contributed by atoms with van der Waals surface area (Å²) in [5.41, 5.74) is 0. The minimum absolute atomic E-state index is 0.111. The lowest BCUT2D eigenvalue weighted by Crippen LogP contribution is -2.57. The van der Waals surface area contributed by atoms with E-state index < -0.39 is 0 Å². The molecule has 7 heteroatoms. The maximum absolute atomic E-state index is 13.1. The third kappa shape index (κ3) is 3.03. The number of hydrogen-bond acceptors (Lipinski definition) is 5. The Hall–Kier alpha value is -1.96. The number of fused-ring (bicyclic) bond motifs is 3. The first-order chi connectivity index (χ1) is 13.2. The van der Waals surface area contributed by atoms with Crippen molar-refractivity contribution in [3.63, 3.8) is 0 Å². The predicted octanol–water partition coefficient (Wildman–Crippen LogP) is 3.15. The van der Waals surface area contributed by atoms with E-state index in [2.05, 4.69) is 29.6 Å². The molecule has 2 aromatic heterocycles. The molecule has 1 N–H and O–H groups in total. The van der Waals surface area contributed by atoms with Crippen LogP contribution in [0.25, 0.3) is 19.5 Å². The van der Waals surface area contributed by atoms with Crippen LogP contribution in [0.5, 0.6) is 0 Å². The molecule has 0 radical (unpaired) electrons. The summed E-state index contributed by atoms with van der Waals surface area (Å²) in [6.45, 7) is 3.42. The van der Waals surface area contributed by atoms with E-state index in [-0.39, 0.29) is 17.9 Å². The van der Waals surface area contributed by atoms with E-state index in [4.69, 9.17) is 0 Å². The van der Waals surface area contributed by atoms with E-state index in [1.807, 2.05) is 15.9 Å². The van der Waals surface area contributed by atoms with Crippen molar-refractivity contribution >= 4 is 54.0 Å². The normalized spacial score (nSPS) is 21.3. The molecule has 4 heterocycles. The van der Waals surface area contributed by atoms with E-state index in [1.54, 1.807) is 22.7 Å². The van der Waals surface area contributed by atoms with Crippen LogP contribution in [0, 0.1) is 0 Å². The summed E-state index contributed by atoms with van der Waals surface area (Å²) >= 11 is 3.35. The number of likely N-dealkylation sites (tertiary alicyclic amines) is 1. The molecule has 27 heavy (non-hydrogen) atoms. The maximum Gasteiger partial charge on any atom is 0.264 e. The molecule has 2 fully saturated rings. The van der Waals surface area contributed by atoms with Crippen molar-refractivity contribution in [1.82, 2.24) is 15.1 Å². The summed E-state index contributed by atoms with van der Waals surface area (Å²) in [5, 5.41) is 4.36. The lowest BCUT2D eigenvalue weighted by Gasteiger charge is -2.41. The number of carbonyl (C=O) groups is 2. The first-order valence-corrected chi connectivity index (χ1v) is 11.0. The fraction of sp³-hybridized carbons (Fsp3) is 0.400. The summed E-state index contributed by atoms with van der Waals surface area (Å²) in [6, 6.07) is 10.6. The molecular formula is C20H21N3O2S2. The molecule has 2 amide bonds. The van der Waals surface area contributed by atoms with Crippen molar-refractivity contribution in [2.24, 2.45) is 0 Å². The van der Waals surface area contributed by atoms with Crippen molar-refractivity contribution in [2.45, 2.75) is 18.9 Å². The monoisotopic (exact) mass is 399 g/mol. The van der Waals surface area contributed by atoms with E-state index >= 15 is 0 Å². The summed E-state index contributed by atoms with van der Waals surface area (Å²) in [5.74, 6) is 0.267. The molecule has 1 unspecified atom stereocenters. The quantitative estimate of drug-likeness (QED) is 0.720. The van der Waals surface area contributed by atoms with Gasteiger partial charge in [0.05, 0.1) is 16.1 Å². The molecule has 1 atom stereocenters. The molecule has 5 rings (SSSR count). The van der Waals surface area contributed by atoms with Gasteiger partial charge in [-0.15, -0.1) is 22.7 Å². The SMILES string of the molecule is O=C(c1cc2sc3ccccc3c2s1)N1CCCC(N2CCNCC2=O)C1. The van der Waals surface area contributed by atoms with Gasteiger partial charge in [-0.25, -0.2) is 0 Å². The average Bonchev–Trinajstić information content (AvgIpc) is 3.26. The molecule has 2 aliphatic rings. The highest BCUT2D eigenvalue weighted by Gasteiger charge is 2.32. The van der Waals surface area contributed by atoms with Crippen LogP contribution in [0.3, 0.4) is 0 Å². The van der Waals surface area contributed by atoms with Crippen molar-refractivity contribution in [3.05, 3.63) is 35.2 Å². The van der Waals surface area contributed by atoms with E-state index in [9.17, 15) is 9.59 Å². The van der Waals surface area contributed by atoms with Gasteiger partial charge in [0.1, 0.15) is 0 Å². The largest absolute Gasteiger partial charge is 0.336 e. The minimum Gasteiger partial charge on any atom is -0.336 e. The van der Waals surface area contributed by atoms with Crippen molar-refractivity contribution < 1.29 is 9.59 Å². The minimum atomic E-state index is 0.111. The van der Waals surface area contributed by atoms with Gasteiger partial charge in [-0.3, -0.25) is 9.59 Å². The van der Waals surface area contributed by atoms with Gasteiger partial charge in [0, 0.05) is 47.0 Å². The fourth-order valence-corrected chi connectivity index (χ4v) is 6.65. The number of hydrogen-bond donors (Lipinski definition) is 1. The molecule has 3 aromatic rings. The Morgan fingerprint density at radius 1 is 1.15 bits per heavy atom. The number of rotatable bonds is 2. The third-order valence-corrected chi connectivity index (χ3v) is 7.91. The number of thiophene rings is 2. The number of piperazine rings is 1. The Balaban J connectivity index is 1.38. The topological polar surface area (TPSA) is 52.7 Å². The van der Waals surface area contributed by atoms with Crippen LogP contribution in [0.1, 0.15) is 22.5 Å². The maximum atomic E-state index is 13.1. The number of benzene rings is 1. The number of carbonyl (C=O) groups excluding carboxylic acids is 2. The third-order valence-electron chi connectivity index (χ3n) is 5.51. The van der Waals surface area contributed by atoms with Crippen LogP contribution < -0.4 is 5.32 Å². The van der Waals surface area contributed by atoms with Crippen LogP contribution in [-0.2, 0) is 4.79 Å². The van der Waals surface area contributed by atoms with Gasteiger partial charge in [-0.05, 0) is 25.0 Å². The zero-order valence-corrected chi connectivity index (χ0v) is 16.6. The number of amides is 2. The molecule has 1 aromatic carbocycles. The van der Waals surface area contributed by atoms with Crippen LogP contribution >= 0.6 is 22.7 Å². The Bertz CT molecular complexity index is 1020. The zero-order valence-electron chi connectivity index (χ0n) is 14.9. The smallest absolute Gasteiger partial charge is 0.264 e. The van der Waals surface area contributed by atoms with Gasteiger partial charge >= 0.3 is 0 Å².